The van der Waals surface area contributed by atoms with Gasteiger partial charge in [0.1, 0.15) is 5.60 Å². The average Bonchev–Trinajstić information content (AvgIpc) is 3.15. The van der Waals surface area contributed by atoms with Crippen molar-refractivity contribution in [2.45, 2.75) is 26.2 Å². The summed E-state index contributed by atoms with van der Waals surface area (Å²) in [5.74, 6) is -0.0348. The van der Waals surface area contributed by atoms with Crippen LogP contribution in [0.3, 0.4) is 0 Å². The van der Waals surface area contributed by atoms with E-state index >= 15 is 0 Å². The molecule has 0 saturated heterocycles. The Balaban J connectivity index is 1.82. The van der Waals surface area contributed by atoms with Crippen LogP contribution in [-0.2, 0) is 5.60 Å². The maximum atomic E-state index is 10.7. The predicted octanol–water partition coefficient (Wildman–Crippen LogP) is 3.39. The van der Waals surface area contributed by atoms with Crippen molar-refractivity contribution in [3.63, 3.8) is 0 Å². The second kappa shape index (κ2) is 6.00. The molecule has 4 aromatic rings. The summed E-state index contributed by atoms with van der Waals surface area (Å²) >= 11 is 0. The van der Waals surface area contributed by atoms with Gasteiger partial charge in [-0.05, 0) is 43.9 Å². The maximum absolute atomic E-state index is 10.7. The molecule has 0 fully saturated rings. The normalized spacial score (nSPS) is 16.2. The summed E-state index contributed by atoms with van der Waals surface area (Å²) < 4.78 is 46.8. The van der Waals surface area contributed by atoms with Crippen molar-refractivity contribution in [2.24, 2.45) is 0 Å². The van der Waals surface area contributed by atoms with Crippen LogP contribution in [0.25, 0.3) is 28.2 Å². The van der Waals surface area contributed by atoms with Gasteiger partial charge < -0.3 is 5.11 Å². The standard InChI is InChI=1S/C20H19N5O/c1-13-7-8-21-10-16(13)14-5-4-6-15(9-14)17-11-22-19-24-18(20(2,3)26)12-23-25(17)19/h4-12,26H,1-3H3/i2D3,3D3. The molecule has 26 heavy (non-hydrogen) atoms. The van der Waals surface area contributed by atoms with Crippen molar-refractivity contribution >= 4 is 5.78 Å². The monoisotopic (exact) mass is 351 g/mol. The largest absolute Gasteiger partial charge is 0.384 e. The van der Waals surface area contributed by atoms with Gasteiger partial charge in [0.25, 0.3) is 5.78 Å². The molecular formula is C20H19N5O. The van der Waals surface area contributed by atoms with Crippen molar-refractivity contribution in [2.75, 3.05) is 0 Å². The fraction of sp³-hybridized carbons (Fsp3) is 0.200. The molecule has 0 bridgehead atoms. The number of pyridine rings is 1. The number of imidazole rings is 1. The van der Waals surface area contributed by atoms with Gasteiger partial charge in [0, 0.05) is 31.7 Å². The number of benzene rings is 1. The van der Waals surface area contributed by atoms with Gasteiger partial charge in [-0.3, -0.25) is 4.98 Å². The number of rotatable bonds is 3. The van der Waals surface area contributed by atoms with E-state index in [0.717, 1.165) is 28.5 Å². The predicted molar refractivity (Wildman–Crippen MR) is 99.4 cm³/mol. The van der Waals surface area contributed by atoms with Crippen LogP contribution in [-0.4, -0.2) is 29.7 Å². The zero-order chi connectivity index (χ0) is 23.3. The molecule has 1 aromatic carbocycles. The maximum Gasteiger partial charge on any atom is 0.251 e. The van der Waals surface area contributed by atoms with Crippen molar-refractivity contribution in [1.82, 2.24) is 24.6 Å². The minimum atomic E-state index is -3.25. The van der Waals surface area contributed by atoms with Gasteiger partial charge >= 0.3 is 0 Å². The van der Waals surface area contributed by atoms with Crippen molar-refractivity contribution < 1.29 is 13.3 Å². The highest BCUT2D eigenvalue weighted by Crippen LogP contribution is 2.28. The van der Waals surface area contributed by atoms with E-state index in [1.165, 1.54) is 10.7 Å². The summed E-state index contributed by atoms with van der Waals surface area (Å²) in [4.78, 5) is 12.4. The second-order valence-electron chi connectivity index (χ2n) is 5.98. The van der Waals surface area contributed by atoms with Crippen LogP contribution in [0.5, 0.6) is 0 Å². The minimum absolute atomic E-state index is 0.0348. The summed E-state index contributed by atoms with van der Waals surface area (Å²) in [6.07, 6.45) is 5.95. The van der Waals surface area contributed by atoms with Crippen LogP contribution in [0.2, 0.25) is 0 Å². The Labute approximate surface area is 159 Å². The summed E-state index contributed by atoms with van der Waals surface area (Å²) in [5, 5.41) is 14.8. The fourth-order valence-electron chi connectivity index (χ4n) is 2.76. The topological polar surface area (TPSA) is 76.2 Å². The lowest BCUT2D eigenvalue weighted by Gasteiger charge is -2.15. The van der Waals surface area contributed by atoms with Crippen molar-refractivity contribution in [3.8, 4) is 22.4 Å². The highest BCUT2D eigenvalue weighted by atomic mass is 16.3. The van der Waals surface area contributed by atoms with E-state index in [1.807, 2.05) is 37.3 Å². The van der Waals surface area contributed by atoms with E-state index in [1.54, 1.807) is 12.4 Å². The Morgan fingerprint density at radius 1 is 1.12 bits per heavy atom. The molecule has 3 heterocycles. The number of nitrogens with zero attached hydrogens (tertiary/aromatic N) is 5. The van der Waals surface area contributed by atoms with Gasteiger partial charge in [0.2, 0.25) is 0 Å². The van der Waals surface area contributed by atoms with Gasteiger partial charge in [-0.1, -0.05) is 18.2 Å². The zero-order valence-electron chi connectivity index (χ0n) is 19.9. The van der Waals surface area contributed by atoms with Crippen molar-refractivity contribution in [1.29, 1.82) is 0 Å². The number of hydrogen-bond donors (Lipinski definition) is 1. The molecule has 0 amide bonds. The first-order valence-electron chi connectivity index (χ1n) is 10.9. The molecule has 0 spiro atoms. The molecule has 3 aromatic heterocycles. The highest BCUT2D eigenvalue weighted by molar-refractivity contribution is 5.73. The summed E-state index contributed by atoms with van der Waals surface area (Å²) in [7, 11) is 0. The van der Waals surface area contributed by atoms with E-state index in [2.05, 4.69) is 20.1 Å². The molecule has 6 nitrogen and oxygen atoms in total. The number of aliphatic hydroxyl groups is 1. The molecule has 130 valence electrons. The quantitative estimate of drug-likeness (QED) is 0.612. The van der Waals surface area contributed by atoms with Crippen LogP contribution in [0.15, 0.2) is 55.1 Å². The number of hydrogen-bond acceptors (Lipinski definition) is 5. The Morgan fingerprint density at radius 2 is 1.96 bits per heavy atom. The Morgan fingerprint density at radius 3 is 2.77 bits per heavy atom. The Bertz CT molecular complexity index is 1280. The number of aryl methyl sites for hydroxylation is 1. The summed E-state index contributed by atoms with van der Waals surface area (Å²) in [6, 6.07) is 9.54. The van der Waals surface area contributed by atoms with Crippen LogP contribution < -0.4 is 0 Å². The first kappa shape index (κ1) is 10.8. The third-order valence-electron chi connectivity index (χ3n) is 4.11. The van der Waals surface area contributed by atoms with Gasteiger partial charge in [-0.25, -0.2) is 9.97 Å². The Kier molecular flexibility index (Phi) is 2.49. The van der Waals surface area contributed by atoms with Crippen LogP contribution in [0.4, 0.5) is 0 Å². The van der Waals surface area contributed by atoms with E-state index in [0.29, 0.717) is 5.69 Å². The van der Waals surface area contributed by atoms with E-state index in [-0.39, 0.29) is 5.78 Å². The van der Waals surface area contributed by atoms with E-state index in [9.17, 15) is 5.11 Å². The lowest BCUT2D eigenvalue weighted by Crippen LogP contribution is -2.19. The smallest absolute Gasteiger partial charge is 0.251 e. The molecule has 0 saturated carbocycles. The molecule has 0 aliphatic carbocycles. The first-order valence-corrected chi connectivity index (χ1v) is 7.88. The summed E-state index contributed by atoms with van der Waals surface area (Å²) in [5.41, 5.74) is 0.522. The molecular weight excluding hydrogens is 326 g/mol. The Hall–Kier alpha value is -3.12. The molecule has 1 N–H and O–H groups in total. The second-order valence-corrected chi connectivity index (χ2v) is 5.98. The first-order chi connectivity index (χ1) is 14.9. The molecule has 0 radical (unpaired) electrons. The SMILES string of the molecule is [2H]C([2H])([2H])C(O)(c1cnn2c(-c3cccc(-c4cnccc4C)c3)cnc2n1)C([2H])([2H])[2H]. The highest BCUT2D eigenvalue weighted by Gasteiger charge is 2.20. The third kappa shape index (κ3) is 2.84. The van der Waals surface area contributed by atoms with Gasteiger partial charge in [0.15, 0.2) is 0 Å². The lowest BCUT2D eigenvalue weighted by molar-refractivity contribution is 0.0734. The third-order valence-corrected chi connectivity index (χ3v) is 4.11. The zero-order valence-corrected chi connectivity index (χ0v) is 13.9. The minimum Gasteiger partial charge on any atom is -0.384 e. The van der Waals surface area contributed by atoms with Gasteiger partial charge in [0.05, 0.1) is 23.8 Å². The van der Waals surface area contributed by atoms with Gasteiger partial charge in [-0.15, -0.1) is 0 Å². The number of aromatic nitrogens is 5. The number of fused-ring (bicyclic) bond motifs is 1. The molecule has 0 atom stereocenters. The fourth-order valence-corrected chi connectivity index (χ4v) is 2.76. The van der Waals surface area contributed by atoms with Gasteiger partial charge in [-0.2, -0.15) is 9.61 Å². The van der Waals surface area contributed by atoms with Crippen LogP contribution in [0.1, 0.15) is 33.2 Å². The molecule has 6 heteroatoms. The van der Waals surface area contributed by atoms with E-state index in [4.69, 9.17) is 8.22 Å². The average molecular weight is 351 g/mol. The lowest BCUT2D eigenvalue weighted by atomic mass is 10.0. The van der Waals surface area contributed by atoms with Crippen LogP contribution >= 0.6 is 0 Å². The van der Waals surface area contributed by atoms with Crippen LogP contribution in [0, 0.1) is 6.92 Å². The summed E-state index contributed by atoms with van der Waals surface area (Å²) in [6.45, 7) is -4.52. The molecule has 0 unspecified atom stereocenters. The van der Waals surface area contributed by atoms with E-state index < -0.39 is 25.0 Å². The van der Waals surface area contributed by atoms with Crippen molar-refractivity contribution in [3.05, 3.63) is 66.4 Å². The molecule has 4 rings (SSSR count). The molecule has 0 aliphatic rings. The molecule has 0 aliphatic heterocycles.